The van der Waals surface area contributed by atoms with Crippen LogP contribution in [0, 0.1) is 12.7 Å². The summed E-state index contributed by atoms with van der Waals surface area (Å²) < 4.78 is 17.1. The van der Waals surface area contributed by atoms with Gasteiger partial charge in [0.1, 0.15) is 11.6 Å². The highest BCUT2D eigenvalue weighted by molar-refractivity contribution is 5.80. The summed E-state index contributed by atoms with van der Waals surface area (Å²) >= 11 is 0. The lowest BCUT2D eigenvalue weighted by Gasteiger charge is -2.05. The third kappa shape index (κ3) is 1.68. The first kappa shape index (κ1) is 11.0. The van der Waals surface area contributed by atoms with E-state index in [2.05, 4.69) is 10.2 Å². The molecule has 0 aliphatic rings. The van der Waals surface area contributed by atoms with Gasteiger partial charge in [-0.1, -0.05) is 0 Å². The predicted molar refractivity (Wildman–Crippen MR) is 66.7 cm³/mol. The second-order valence-corrected chi connectivity index (χ2v) is 4.37. The molecule has 1 aromatic carbocycles. The zero-order valence-electron chi connectivity index (χ0n) is 10.3. The van der Waals surface area contributed by atoms with E-state index in [9.17, 15) is 4.39 Å². The third-order valence-electron chi connectivity index (χ3n) is 3.23. The van der Waals surface area contributed by atoms with Crippen LogP contribution in [-0.2, 0) is 13.6 Å². The minimum atomic E-state index is -0.213. The first-order valence-corrected chi connectivity index (χ1v) is 5.74. The monoisotopic (exact) mass is 244 g/mol. The standard InChI is InChI=1S/C13H13FN4/c1-9-15-16-13(17(9)2)8-18-6-5-10-7-11(14)3-4-12(10)18/h3-7H,8H2,1-2H3. The van der Waals surface area contributed by atoms with Crippen LogP contribution in [0.5, 0.6) is 0 Å². The number of hydrogen-bond acceptors (Lipinski definition) is 2. The molecule has 0 bridgehead atoms. The molecular formula is C13H13FN4. The Kier molecular flexibility index (Phi) is 2.40. The first-order chi connectivity index (χ1) is 8.65. The Morgan fingerprint density at radius 3 is 2.78 bits per heavy atom. The van der Waals surface area contributed by atoms with Crippen LogP contribution in [-0.4, -0.2) is 19.3 Å². The van der Waals surface area contributed by atoms with Gasteiger partial charge >= 0.3 is 0 Å². The van der Waals surface area contributed by atoms with Crippen molar-refractivity contribution in [2.24, 2.45) is 7.05 Å². The van der Waals surface area contributed by atoms with Crippen molar-refractivity contribution in [3.05, 3.63) is 47.9 Å². The van der Waals surface area contributed by atoms with E-state index in [0.29, 0.717) is 6.54 Å². The summed E-state index contributed by atoms with van der Waals surface area (Å²) in [6, 6.07) is 6.70. The number of fused-ring (bicyclic) bond motifs is 1. The van der Waals surface area contributed by atoms with Crippen LogP contribution in [0.1, 0.15) is 11.6 Å². The molecule has 2 aromatic heterocycles. The molecule has 0 unspecified atom stereocenters. The highest BCUT2D eigenvalue weighted by Crippen LogP contribution is 2.18. The molecule has 92 valence electrons. The van der Waals surface area contributed by atoms with E-state index in [0.717, 1.165) is 22.6 Å². The van der Waals surface area contributed by atoms with Gasteiger partial charge in [-0.15, -0.1) is 10.2 Å². The number of rotatable bonds is 2. The molecule has 0 saturated carbocycles. The second kappa shape index (κ2) is 3.94. The molecule has 2 heterocycles. The van der Waals surface area contributed by atoms with Gasteiger partial charge in [0.15, 0.2) is 5.82 Å². The SMILES string of the molecule is Cc1nnc(Cn2ccc3cc(F)ccc32)n1C. The lowest BCUT2D eigenvalue weighted by Crippen LogP contribution is -2.05. The molecule has 0 aliphatic carbocycles. The van der Waals surface area contributed by atoms with E-state index in [1.165, 1.54) is 12.1 Å². The molecule has 0 aliphatic heterocycles. The van der Waals surface area contributed by atoms with E-state index in [1.807, 2.05) is 35.4 Å². The van der Waals surface area contributed by atoms with E-state index >= 15 is 0 Å². The van der Waals surface area contributed by atoms with Crippen molar-refractivity contribution >= 4 is 10.9 Å². The van der Waals surface area contributed by atoms with Gasteiger partial charge in [0.05, 0.1) is 6.54 Å². The van der Waals surface area contributed by atoms with Gasteiger partial charge in [0.25, 0.3) is 0 Å². The average Bonchev–Trinajstić information content (AvgIpc) is 2.88. The van der Waals surface area contributed by atoms with Crippen LogP contribution < -0.4 is 0 Å². The molecule has 18 heavy (non-hydrogen) atoms. The van der Waals surface area contributed by atoms with Gasteiger partial charge in [-0.3, -0.25) is 0 Å². The Hall–Kier alpha value is -2.17. The molecule has 0 spiro atoms. The number of aromatic nitrogens is 4. The summed E-state index contributed by atoms with van der Waals surface area (Å²) in [5.41, 5.74) is 0.997. The first-order valence-electron chi connectivity index (χ1n) is 5.74. The highest BCUT2D eigenvalue weighted by atomic mass is 19.1. The maximum Gasteiger partial charge on any atom is 0.152 e. The fourth-order valence-corrected chi connectivity index (χ4v) is 2.05. The normalized spacial score (nSPS) is 11.3. The van der Waals surface area contributed by atoms with Crippen LogP contribution >= 0.6 is 0 Å². The maximum atomic E-state index is 13.1. The molecule has 0 fully saturated rings. The van der Waals surface area contributed by atoms with Gasteiger partial charge in [0.2, 0.25) is 0 Å². The van der Waals surface area contributed by atoms with Crippen molar-refractivity contribution < 1.29 is 4.39 Å². The molecule has 3 aromatic rings. The number of nitrogens with zero attached hydrogens (tertiary/aromatic N) is 4. The van der Waals surface area contributed by atoms with E-state index < -0.39 is 0 Å². The summed E-state index contributed by atoms with van der Waals surface area (Å²) in [4.78, 5) is 0. The summed E-state index contributed by atoms with van der Waals surface area (Å²) in [6.07, 6.45) is 1.94. The second-order valence-electron chi connectivity index (χ2n) is 4.37. The minimum Gasteiger partial charge on any atom is -0.340 e. The quantitative estimate of drug-likeness (QED) is 0.693. The van der Waals surface area contributed by atoms with Gasteiger partial charge in [0, 0.05) is 24.1 Å². The Balaban J connectivity index is 2.03. The number of hydrogen-bond donors (Lipinski definition) is 0. The number of aryl methyl sites for hydroxylation is 1. The third-order valence-corrected chi connectivity index (χ3v) is 3.23. The molecule has 4 nitrogen and oxygen atoms in total. The van der Waals surface area contributed by atoms with Crippen LogP contribution in [0.4, 0.5) is 4.39 Å². The van der Waals surface area contributed by atoms with Crippen molar-refractivity contribution in [1.29, 1.82) is 0 Å². The van der Waals surface area contributed by atoms with Crippen LogP contribution in [0.3, 0.4) is 0 Å². The summed E-state index contributed by atoms with van der Waals surface area (Å²) in [5, 5.41) is 9.06. The molecule has 0 N–H and O–H groups in total. The molecule has 3 rings (SSSR count). The summed E-state index contributed by atoms with van der Waals surface area (Å²) in [5.74, 6) is 1.55. The molecule has 0 saturated heterocycles. The lowest BCUT2D eigenvalue weighted by molar-refractivity contribution is 0.629. The maximum absolute atomic E-state index is 13.1. The largest absolute Gasteiger partial charge is 0.340 e. The van der Waals surface area contributed by atoms with Crippen molar-refractivity contribution in [3.8, 4) is 0 Å². The zero-order valence-corrected chi connectivity index (χ0v) is 10.3. The van der Waals surface area contributed by atoms with E-state index in [4.69, 9.17) is 0 Å². The fraction of sp³-hybridized carbons (Fsp3) is 0.231. The van der Waals surface area contributed by atoms with Crippen molar-refractivity contribution in [2.75, 3.05) is 0 Å². The molecule has 0 atom stereocenters. The lowest BCUT2D eigenvalue weighted by atomic mass is 10.2. The van der Waals surface area contributed by atoms with Gasteiger partial charge in [-0.25, -0.2) is 4.39 Å². The predicted octanol–water partition coefficient (Wildman–Crippen LogP) is 2.27. The van der Waals surface area contributed by atoms with E-state index in [1.54, 1.807) is 6.07 Å². The molecule has 0 radical (unpaired) electrons. The zero-order chi connectivity index (χ0) is 12.7. The Bertz CT molecular complexity index is 711. The van der Waals surface area contributed by atoms with Gasteiger partial charge in [-0.05, 0) is 31.2 Å². The topological polar surface area (TPSA) is 35.6 Å². The Labute approximate surface area is 104 Å². The Morgan fingerprint density at radius 1 is 1.22 bits per heavy atom. The molecule has 0 amide bonds. The smallest absolute Gasteiger partial charge is 0.152 e. The average molecular weight is 244 g/mol. The summed E-state index contributed by atoms with van der Waals surface area (Å²) in [7, 11) is 1.94. The van der Waals surface area contributed by atoms with Crippen molar-refractivity contribution in [1.82, 2.24) is 19.3 Å². The van der Waals surface area contributed by atoms with E-state index in [-0.39, 0.29) is 5.82 Å². The number of benzene rings is 1. The molecular weight excluding hydrogens is 231 g/mol. The Morgan fingerprint density at radius 2 is 2.06 bits per heavy atom. The van der Waals surface area contributed by atoms with Gasteiger partial charge in [-0.2, -0.15) is 0 Å². The van der Waals surface area contributed by atoms with Crippen molar-refractivity contribution in [3.63, 3.8) is 0 Å². The van der Waals surface area contributed by atoms with Crippen LogP contribution in [0.25, 0.3) is 10.9 Å². The van der Waals surface area contributed by atoms with Crippen LogP contribution in [0.15, 0.2) is 30.5 Å². The van der Waals surface area contributed by atoms with Crippen LogP contribution in [0.2, 0.25) is 0 Å². The number of halogens is 1. The van der Waals surface area contributed by atoms with Crippen molar-refractivity contribution in [2.45, 2.75) is 13.5 Å². The summed E-state index contributed by atoms with van der Waals surface area (Å²) in [6.45, 7) is 2.55. The minimum absolute atomic E-state index is 0.213. The fourth-order valence-electron chi connectivity index (χ4n) is 2.05. The van der Waals surface area contributed by atoms with Gasteiger partial charge < -0.3 is 9.13 Å². The molecule has 5 heteroatoms. The highest BCUT2D eigenvalue weighted by Gasteiger charge is 2.08.